The molecule has 0 aliphatic rings. The molecule has 0 spiro atoms. The Bertz CT molecular complexity index is 323. The van der Waals surface area contributed by atoms with Crippen molar-refractivity contribution < 1.29 is -4.15 Å². The fourth-order valence-electron chi connectivity index (χ4n) is 0. The third kappa shape index (κ3) is 153. The van der Waals surface area contributed by atoms with E-state index in [1.54, 1.807) is 0 Å². The van der Waals surface area contributed by atoms with Gasteiger partial charge in [0.2, 0.25) is 0 Å². The first kappa shape index (κ1) is 15.9. The molecule has 0 aliphatic heterocycles. The summed E-state index contributed by atoms with van der Waals surface area (Å²) in [6.45, 7) is 0. The van der Waals surface area contributed by atoms with Gasteiger partial charge in [0.15, 0.2) is 0 Å². The van der Waals surface area contributed by atoms with Crippen molar-refractivity contribution in [2.45, 2.75) is 0 Å². The van der Waals surface area contributed by atoms with Gasteiger partial charge in [-0.15, -0.1) is 0 Å². The maximum atomic E-state index is 5.10. The number of hydrogen-bond acceptors (Lipinski definition) is 0. The van der Waals surface area contributed by atoms with Gasteiger partial charge in [0.05, 0.1) is 0 Å². The van der Waals surface area contributed by atoms with E-state index in [2.05, 4.69) is 0 Å². The summed E-state index contributed by atoms with van der Waals surface area (Å²) < 4.78 is -10.7. The van der Waals surface area contributed by atoms with Crippen molar-refractivity contribution in [2.75, 3.05) is 0 Å². The van der Waals surface area contributed by atoms with Gasteiger partial charge >= 0.3 is 99.5 Å². The topological polar surface area (TPSA) is 0 Å². The van der Waals surface area contributed by atoms with Crippen LogP contribution in [-0.4, -0.2) is 0 Å². The summed E-state index contributed by atoms with van der Waals surface area (Å²) in [5.74, 6) is 0. The Morgan fingerprint density at radius 2 is 0.333 bits per heavy atom. The molecule has 12 heteroatoms. The van der Waals surface area contributed by atoms with Crippen molar-refractivity contribution in [3.63, 3.8) is 0 Å². The van der Waals surface area contributed by atoms with Crippen LogP contribution in [0.5, 0.6) is 0 Å². The molecule has 0 atom stereocenters. The minimum absolute atomic E-state index is 5.10. The van der Waals surface area contributed by atoms with Gasteiger partial charge < -0.3 is 0 Å². The molecule has 0 aromatic heterocycles. The Kier molecular flexibility index (Phi) is 1.09. The molecular formula is Cl11W. The quantitative estimate of drug-likeness (QED) is 0.280. The predicted octanol–water partition coefficient (Wildman–Crippen LogP) is 7.58. The van der Waals surface area contributed by atoms with Crippen LogP contribution in [-0.2, 0) is -4.15 Å². The molecule has 0 N–H and O–H groups in total. The molecular weight excluding hydrogens is 574 g/mol. The standard InChI is InChI=1S/11ClH.W/h11*1H;/q;;;;;;;;;;;+11/p-11. The van der Waals surface area contributed by atoms with E-state index in [0.29, 0.717) is 0 Å². The summed E-state index contributed by atoms with van der Waals surface area (Å²) in [6, 6.07) is 0. The fraction of sp³-hybridized carbons (Fsp3) is 0. The Hall–Kier alpha value is 3.88. The van der Waals surface area contributed by atoms with Crippen molar-refractivity contribution in [2.24, 2.45) is 0 Å². The number of rotatable bonds is 0. The Labute approximate surface area is 97.3 Å². The summed E-state index contributed by atoms with van der Waals surface area (Å²) in [6.07, 6.45) is 0. The van der Waals surface area contributed by atoms with Gasteiger partial charge in [0.25, 0.3) is 0 Å². The summed E-state index contributed by atoms with van der Waals surface area (Å²) >= 11 is 0. The van der Waals surface area contributed by atoms with Crippen molar-refractivity contribution in [3.05, 3.63) is 0 Å². The molecule has 12 heavy (non-hydrogen) atoms. The summed E-state index contributed by atoms with van der Waals surface area (Å²) in [4.78, 5) is 0. The van der Waals surface area contributed by atoms with Crippen LogP contribution in [0.25, 0.3) is 0 Å². The van der Waals surface area contributed by atoms with Crippen LogP contribution in [0.15, 0.2) is 0 Å². The maximum absolute atomic E-state index is 10.7. The molecule has 0 amide bonds. The predicted molar refractivity (Wildman–Crippen MR) is 64.4 cm³/mol. The second-order valence-corrected chi connectivity index (χ2v) is 236. The molecule has 0 unspecified atom stereocenters. The SMILES string of the molecule is [Cl][W]([Cl])([Cl])([Cl])([Cl])([Cl])([Cl])([Cl])([Cl])([Cl])[Cl]. The second kappa shape index (κ2) is 0.827. The minimum atomic E-state index is -10.7. The van der Waals surface area contributed by atoms with Crippen molar-refractivity contribution in [1.29, 1.82) is 0 Å². The first-order chi connectivity index (χ1) is 3.32. The van der Waals surface area contributed by atoms with Gasteiger partial charge in [-0.2, -0.15) is 0 Å². The molecule has 0 saturated heterocycles. The molecule has 0 fully saturated rings. The van der Waals surface area contributed by atoms with Crippen LogP contribution in [0.1, 0.15) is 0 Å². The molecule has 0 bridgehead atoms. The van der Waals surface area contributed by atoms with Gasteiger partial charge in [-0.1, -0.05) is 0 Å². The normalized spacial score (nSPS) is 43.1. The van der Waals surface area contributed by atoms with Gasteiger partial charge in [-0.3, -0.25) is 0 Å². The van der Waals surface area contributed by atoms with Crippen LogP contribution in [0.3, 0.4) is 0 Å². The van der Waals surface area contributed by atoms with Gasteiger partial charge in [-0.05, 0) is 0 Å². The fourth-order valence-corrected chi connectivity index (χ4v) is 0. The molecule has 0 aromatic rings. The summed E-state index contributed by atoms with van der Waals surface area (Å²) in [7, 11) is 56.1. The zero-order valence-corrected chi connectivity index (χ0v) is 15.8. The molecule has 0 rings (SSSR count). The van der Waals surface area contributed by atoms with E-state index in [0.717, 1.165) is 0 Å². The Morgan fingerprint density at radius 1 is 0.333 bits per heavy atom. The van der Waals surface area contributed by atoms with E-state index < -0.39 is -4.15 Å². The second-order valence-electron chi connectivity index (χ2n) is 3.21. The Morgan fingerprint density at radius 3 is 0.333 bits per heavy atom. The molecule has 0 heterocycles. The van der Waals surface area contributed by atoms with Crippen LogP contribution in [0.2, 0.25) is 0 Å². The van der Waals surface area contributed by atoms with Crippen molar-refractivity contribution >= 4 is 104 Å². The molecule has 0 aromatic carbocycles. The van der Waals surface area contributed by atoms with Crippen LogP contribution in [0, 0.1) is 0 Å². The van der Waals surface area contributed by atoms with Gasteiger partial charge in [0, 0.05) is 0 Å². The molecule has 83 valence electrons. The average molecular weight is 574 g/mol. The zero-order valence-electron chi connectivity index (χ0n) is 4.57. The number of hydrogen-bond donors (Lipinski definition) is 0. The van der Waals surface area contributed by atoms with E-state index >= 15 is 0 Å². The summed E-state index contributed by atoms with van der Waals surface area (Å²) in [5.41, 5.74) is 0. The van der Waals surface area contributed by atoms with E-state index in [1.165, 1.54) is 0 Å². The molecule has 0 nitrogen and oxygen atoms in total. The van der Waals surface area contributed by atoms with Crippen LogP contribution >= 0.6 is 104 Å². The Balaban J connectivity index is 7.96. The molecule has 0 radical (unpaired) electrons. The van der Waals surface area contributed by atoms with Crippen molar-refractivity contribution in [3.8, 4) is 0 Å². The molecule has 0 saturated carbocycles. The van der Waals surface area contributed by atoms with Crippen LogP contribution < -0.4 is 0 Å². The average Bonchev–Trinajstić information content (AvgIpc) is 0.414. The molecule has 0 aliphatic carbocycles. The first-order valence-electron chi connectivity index (χ1n) is 1.70. The monoisotopic (exact) mass is 569 g/mol. The van der Waals surface area contributed by atoms with E-state index in [4.69, 9.17) is 104 Å². The first-order valence-corrected chi connectivity index (χ1v) is 41.7. The third-order valence-electron chi connectivity index (χ3n) is 0. The third-order valence-corrected chi connectivity index (χ3v) is 0. The van der Waals surface area contributed by atoms with E-state index in [-0.39, 0.29) is 0 Å². The zero-order chi connectivity index (χ0) is 11.3. The van der Waals surface area contributed by atoms with Gasteiger partial charge in [-0.25, -0.2) is 0 Å². The van der Waals surface area contributed by atoms with Gasteiger partial charge in [0.1, 0.15) is 0 Å². The number of halogens is 11. The van der Waals surface area contributed by atoms with Crippen LogP contribution in [0.4, 0.5) is 0 Å². The van der Waals surface area contributed by atoms with E-state index in [1.807, 2.05) is 0 Å². The van der Waals surface area contributed by atoms with Crippen molar-refractivity contribution in [1.82, 2.24) is 0 Å². The van der Waals surface area contributed by atoms with E-state index in [9.17, 15) is 0 Å². The summed E-state index contributed by atoms with van der Waals surface area (Å²) in [5, 5.41) is 0.